The zero-order valence-electron chi connectivity index (χ0n) is 44.4. The smallest absolute Gasteiger partial charge is 3.00 e. The predicted octanol–water partition coefficient (Wildman–Crippen LogP) is -18.0. The second kappa shape index (κ2) is 61.9. The van der Waals surface area contributed by atoms with Crippen LogP contribution < -0.4 is 43.2 Å². The maximum atomic E-state index is 9.53. The molecule has 0 amide bonds. The van der Waals surface area contributed by atoms with Crippen LogP contribution in [0.25, 0.3) is 0 Å². The van der Waals surface area contributed by atoms with Crippen molar-refractivity contribution in [2.45, 2.75) is 79.1 Å². The van der Waals surface area contributed by atoms with Gasteiger partial charge in [0.05, 0.1) is 26.2 Å². The molecule has 9 N–H and O–H groups in total. The largest absolute Gasteiger partial charge is 6.00 e. The first-order valence-electron chi connectivity index (χ1n) is 19.7. The van der Waals surface area contributed by atoms with Gasteiger partial charge in [-0.15, -0.1) is 0 Å². The molecule has 0 saturated heterocycles. The molecule has 0 atom stereocenters. The van der Waals surface area contributed by atoms with Gasteiger partial charge in [-0.2, -0.15) is 0 Å². The molecule has 0 saturated carbocycles. The van der Waals surface area contributed by atoms with Gasteiger partial charge in [0, 0.05) is 0 Å². The molecule has 55 nitrogen and oxygen atoms in total. The Bertz CT molecular complexity index is 2570. The normalized spacial score (nSPS) is 10.6. The van der Waals surface area contributed by atoms with Crippen molar-refractivity contribution in [3.63, 3.8) is 0 Å². The molecule has 537 valence electrons. The van der Waals surface area contributed by atoms with Crippen LogP contribution in [0.1, 0.15) is 79.1 Å². The molecule has 0 unspecified atom stereocenters. The summed E-state index contributed by atoms with van der Waals surface area (Å²) in [5.41, 5.74) is 0. The minimum atomic E-state index is -5.92. The Morgan fingerprint density at radius 1 is 0.253 bits per heavy atom. The van der Waals surface area contributed by atoms with E-state index in [4.69, 9.17) is 33.8 Å². The molecule has 0 rings (SSSR count). The molecule has 1 radical (unpaired) electrons. The van der Waals surface area contributed by atoms with E-state index in [9.17, 15) is 144 Å². The molecule has 0 fully saturated rings. The van der Waals surface area contributed by atoms with E-state index < -0.39 is 233 Å². The van der Waals surface area contributed by atoms with Gasteiger partial charge in [0.25, 0.3) is 0 Å². The van der Waals surface area contributed by atoms with Crippen LogP contribution in [0.5, 0.6) is 0 Å². The summed E-state index contributed by atoms with van der Waals surface area (Å²) < 4.78 is 354. The number of rotatable bonds is 30. The molecule has 91 heavy (non-hydrogen) atoms. The molecule has 0 bridgehead atoms. The number of nitrogens with zero attached hydrogens (tertiary/aromatic N) is 1. The summed E-state index contributed by atoms with van der Waals surface area (Å²) in [7, 11) is -34.0. The van der Waals surface area contributed by atoms with Crippen LogP contribution in [0.15, 0.2) is 0 Å². The van der Waals surface area contributed by atoms with Crippen molar-refractivity contribution in [1.82, 2.24) is 0 Å². The first-order chi connectivity index (χ1) is 39.0. The van der Waals surface area contributed by atoms with E-state index >= 15 is 0 Å². The van der Waals surface area contributed by atoms with E-state index in [0.717, 1.165) is 0 Å². The second-order valence-corrected chi connectivity index (χ2v) is 62.3. The van der Waals surface area contributed by atoms with Crippen molar-refractivity contribution in [3.05, 3.63) is 0 Å². The Hall–Kier alpha value is 0.812. The number of unbranched alkanes of at least 4 members (excludes halogenated alkanes) is 4. The maximum absolute atomic E-state index is 9.53. The molecule has 0 heterocycles. The molecule has 0 aromatic rings. The van der Waals surface area contributed by atoms with E-state index in [-0.39, 0.29) is 62.8 Å². The van der Waals surface area contributed by atoms with Crippen LogP contribution >= 0.6 is 0 Å². The molecular weight excluding hydrogens is 3210 g/mol. The number of hydrogen-bond donors (Lipinski definition) is 9. The van der Waals surface area contributed by atoms with Crippen molar-refractivity contribution in [1.29, 1.82) is 0 Å². The Morgan fingerprint density at radius 3 is 0.363 bits per heavy atom. The van der Waals surface area contributed by atoms with E-state index in [1.54, 1.807) is 0 Å². The summed E-state index contributed by atoms with van der Waals surface area (Å²) in [6, 6.07) is 0. The van der Waals surface area contributed by atoms with Crippen LogP contribution in [0, 0.1) is 41.7 Å². The zero-order chi connectivity index (χ0) is 74.0. The Kier molecular flexibility index (Phi) is 80.8. The molecular formula is C16H45CeMoNO54Si9W9+. The molecule has 0 aliphatic heterocycles. The topological polar surface area (TPSA) is 934 Å². The van der Waals surface area contributed by atoms with Gasteiger partial charge in [0.2, 0.25) is 0 Å². The van der Waals surface area contributed by atoms with Crippen molar-refractivity contribution in [2.24, 2.45) is 0 Å². The monoisotopic (exact) mass is 3260 g/mol. The van der Waals surface area contributed by atoms with Crippen LogP contribution in [-0.2, 0) is 301 Å². The number of quaternary nitrogens is 1. The first kappa shape index (κ1) is 119. The van der Waals surface area contributed by atoms with Crippen molar-refractivity contribution in [2.75, 3.05) is 26.2 Å². The Labute approximate surface area is 602 Å². The summed E-state index contributed by atoms with van der Waals surface area (Å²) in [4.78, 5) is 84.2. The predicted molar refractivity (Wildman–Crippen MR) is 179 cm³/mol. The minimum Gasteiger partial charge on any atom is 3.00 e. The van der Waals surface area contributed by atoms with Crippen LogP contribution in [0.2, 0.25) is 0 Å². The fraction of sp³-hybridized carbons (Fsp3) is 1.00. The Morgan fingerprint density at radius 2 is 0.330 bits per heavy atom. The fourth-order valence-corrected chi connectivity index (χ4v) is 21.6. The van der Waals surface area contributed by atoms with Gasteiger partial charge in [-0.1, -0.05) is 53.4 Å². The quantitative estimate of drug-likeness (QED) is 0.0238. The van der Waals surface area contributed by atoms with Gasteiger partial charge < -0.3 is 4.48 Å². The van der Waals surface area contributed by atoms with E-state index in [1.165, 1.54) is 82.0 Å². The van der Waals surface area contributed by atoms with Gasteiger partial charge in [0.1, 0.15) is 0 Å². The summed E-state index contributed by atoms with van der Waals surface area (Å²) in [5, 5.41) is 0. The molecule has 75 heteroatoms. The van der Waals surface area contributed by atoms with E-state index in [0.29, 0.717) is 0 Å². The van der Waals surface area contributed by atoms with Crippen molar-refractivity contribution in [3.8, 4) is 0 Å². The van der Waals surface area contributed by atoms with Crippen LogP contribution in [-0.4, -0.2) is 147 Å². The van der Waals surface area contributed by atoms with Crippen molar-refractivity contribution >= 4 is 82.5 Å². The SMILES string of the molecule is CCCC[N+](CCCC)(CCCC)CCCC.O=[Si]([O-])[O][W](=[O])(=[O])[OH].O=[Si]([O-])[O][W](=[O])(=[O])[OH].O=[Si]([O-])[O][W](=[O])(=[O])[OH].O=[Si]([O-])[O][W](=[O])(=[O])[OH].O=[Si]([O-])[O][W](=[O])(=[O])[OH].O=[Si]([O-])[O][W](=[O])(=[O])[OH].O=[Si]([O-])[O][W](=[O])(=[O])[OH].O=[Si]([O-])[O][W](=[O])(=[O])[OH].O=[Si]([O-])[O][W](=[O])(=[O])[OH].[Ce+3].[Mo+6]. The van der Waals surface area contributed by atoms with Gasteiger partial charge in [-0.3, -0.25) is 0 Å². The maximum Gasteiger partial charge on any atom is 6.00 e. The van der Waals surface area contributed by atoms with Crippen LogP contribution in [0.4, 0.5) is 0 Å². The standard InChI is InChI=1S/C16H36N.Ce.Mo.9O3Si.9H2O.18O.9W/c1-5-9-13-17(14-10-6-2,15-11-7-3)16-12-8-4;;;9*1-4(2)3;;;;;;;;;;;;;;;;;;;;;;;;;;;;;;;;;;;;/h5-16H2,1-4H3;;;;;;;;;;;;9*1H2;;;;;;;;;;;;;;;;;;;;;;;;;;;/q+1;+3;+6;9*-2;;;;;;;;;;;;;;;;;;;;;;;;;;;;9*+2/p-9. The summed E-state index contributed by atoms with van der Waals surface area (Å²) in [6.07, 6.45) is 11.1. The van der Waals surface area contributed by atoms with Gasteiger partial charge in [0.15, 0.2) is 0 Å². The first-order valence-corrected chi connectivity index (χ1v) is 74.9. The molecule has 0 aromatic heterocycles. The third kappa shape index (κ3) is 165. The number of hydrogen-bond acceptors (Lipinski definition) is 45. The summed E-state index contributed by atoms with van der Waals surface area (Å²) in [6.45, 7) is 15.0. The Balaban J connectivity index is -0.0000000770. The molecule has 0 aliphatic rings. The summed E-state index contributed by atoms with van der Waals surface area (Å²) >= 11 is -53.3. The van der Waals surface area contributed by atoms with Gasteiger partial charge in [-0.05, 0) is 25.7 Å². The van der Waals surface area contributed by atoms with Crippen molar-refractivity contribution < 1.29 is 424 Å². The third-order valence-corrected chi connectivity index (χ3v) is 42.3. The van der Waals surface area contributed by atoms with E-state index in [1.807, 2.05) is 0 Å². The average molecular weight is 3260 g/mol. The van der Waals surface area contributed by atoms with Crippen LogP contribution in [0.3, 0.4) is 0 Å². The average Bonchev–Trinajstić information content (AvgIpc) is 3.17. The van der Waals surface area contributed by atoms with Gasteiger partial charge in [-0.25, -0.2) is 0 Å². The molecule has 0 spiro atoms. The van der Waals surface area contributed by atoms with E-state index in [2.05, 4.69) is 55.4 Å². The van der Waals surface area contributed by atoms with Gasteiger partial charge >= 0.3 is 502 Å². The zero-order valence-corrected chi connectivity index (χ0v) is 85.0. The second-order valence-electron chi connectivity index (χ2n) is 12.5. The minimum absolute atomic E-state index is 0. The third-order valence-electron chi connectivity index (χ3n) is 5.50. The molecule has 0 aromatic carbocycles. The summed E-state index contributed by atoms with van der Waals surface area (Å²) in [5.74, 6) is 0. The molecule has 0 aliphatic carbocycles. The fourth-order valence-electron chi connectivity index (χ4n) is 3.42.